The molecule has 0 spiro atoms. The number of amides is 1. The van der Waals surface area contributed by atoms with E-state index in [1.807, 2.05) is 41.1 Å². The molecule has 0 atom stereocenters. The predicted molar refractivity (Wildman–Crippen MR) is 130 cm³/mol. The summed E-state index contributed by atoms with van der Waals surface area (Å²) in [5.74, 6) is 0.816. The van der Waals surface area contributed by atoms with Crippen molar-refractivity contribution in [2.45, 2.75) is 38.6 Å². The first-order valence-corrected chi connectivity index (χ1v) is 11.9. The minimum Gasteiger partial charge on any atom is -0.353 e. The summed E-state index contributed by atoms with van der Waals surface area (Å²) in [5, 5.41) is 8.67. The molecule has 2 aromatic carbocycles. The van der Waals surface area contributed by atoms with E-state index < -0.39 is 0 Å². The summed E-state index contributed by atoms with van der Waals surface area (Å²) in [6, 6.07) is 13.8. The van der Waals surface area contributed by atoms with E-state index in [1.54, 1.807) is 6.07 Å². The molecule has 0 aliphatic heterocycles. The van der Waals surface area contributed by atoms with Gasteiger partial charge in [0, 0.05) is 30.2 Å². The van der Waals surface area contributed by atoms with Gasteiger partial charge in [-0.05, 0) is 49.1 Å². The molecule has 0 saturated heterocycles. The topological polar surface area (TPSA) is 46.1 Å². The van der Waals surface area contributed by atoms with E-state index in [4.69, 9.17) is 23.2 Å². The smallest absolute Gasteiger partial charge is 0.239 e. The molecule has 0 radical (unpaired) electrons. The second-order valence-electron chi connectivity index (χ2n) is 8.37. The van der Waals surface area contributed by atoms with Crippen LogP contribution in [0.5, 0.6) is 0 Å². The minimum atomic E-state index is 0.0147. The summed E-state index contributed by atoms with van der Waals surface area (Å²) in [5.41, 5.74) is 3.03. The molecule has 2 N–H and O–H groups in total. The summed E-state index contributed by atoms with van der Waals surface area (Å²) in [7, 11) is 0. The summed E-state index contributed by atoms with van der Waals surface area (Å²) < 4.78 is 2.00. The molecular weight excluding hydrogens is 429 g/mol. The average molecular weight is 458 g/mol. The molecular formula is C25H29Cl2N3O. The molecule has 4 nitrogen and oxygen atoms in total. The highest BCUT2D eigenvalue weighted by molar-refractivity contribution is 6.42. The summed E-state index contributed by atoms with van der Waals surface area (Å²) in [6.07, 6.45) is 8.73. The average Bonchev–Trinajstić information content (AvgIpc) is 3.19. The molecule has 6 heteroatoms. The molecule has 31 heavy (non-hydrogen) atoms. The maximum Gasteiger partial charge on any atom is 0.239 e. The number of hydrogen-bond acceptors (Lipinski definition) is 2. The van der Waals surface area contributed by atoms with Crippen LogP contribution in [0.4, 0.5) is 0 Å². The molecule has 1 heterocycles. The van der Waals surface area contributed by atoms with Crippen molar-refractivity contribution in [2.75, 3.05) is 19.6 Å². The van der Waals surface area contributed by atoms with Crippen LogP contribution in [0.25, 0.3) is 22.0 Å². The number of nitrogens with zero attached hydrogens (tertiary/aromatic N) is 1. The van der Waals surface area contributed by atoms with Crippen LogP contribution in [-0.4, -0.2) is 30.1 Å². The van der Waals surface area contributed by atoms with Gasteiger partial charge in [0.25, 0.3) is 0 Å². The maximum atomic E-state index is 12.6. The second kappa shape index (κ2) is 10.5. The third kappa shape index (κ3) is 5.62. The maximum absolute atomic E-state index is 12.6. The van der Waals surface area contributed by atoms with Gasteiger partial charge >= 0.3 is 0 Å². The number of nitrogens with one attached hydrogen (secondary N) is 2. The van der Waals surface area contributed by atoms with Crippen molar-refractivity contribution in [2.24, 2.45) is 5.92 Å². The van der Waals surface area contributed by atoms with Crippen molar-refractivity contribution >= 4 is 40.0 Å². The quantitative estimate of drug-likeness (QED) is 0.413. The van der Waals surface area contributed by atoms with Gasteiger partial charge in [0.2, 0.25) is 5.91 Å². The molecule has 1 aliphatic rings. The number of benzene rings is 2. The second-order valence-corrected chi connectivity index (χ2v) is 9.19. The number of carbonyl (C=O) groups is 1. The largest absolute Gasteiger partial charge is 0.353 e. The van der Waals surface area contributed by atoms with E-state index in [-0.39, 0.29) is 12.5 Å². The number of halogens is 2. The van der Waals surface area contributed by atoms with Crippen LogP contribution in [0.2, 0.25) is 10.0 Å². The Labute approximate surface area is 193 Å². The van der Waals surface area contributed by atoms with Crippen LogP contribution in [0.1, 0.15) is 32.1 Å². The number of carbonyl (C=O) groups excluding carboxylic acids is 1. The molecule has 1 aliphatic carbocycles. The Morgan fingerprint density at radius 1 is 1.00 bits per heavy atom. The SMILES string of the molecule is O=C(Cn1ccc2cccc(-c3ccc(Cl)c(Cl)c3)c21)NCCNCC1CCCCC1. The van der Waals surface area contributed by atoms with Crippen LogP contribution in [-0.2, 0) is 11.3 Å². The van der Waals surface area contributed by atoms with E-state index >= 15 is 0 Å². The Balaban J connectivity index is 1.37. The Bertz CT molecular complexity index is 1040. The summed E-state index contributed by atoms with van der Waals surface area (Å²) in [6.45, 7) is 2.79. The van der Waals surface area contributed by atoms with Crippen LogP contribution >= 0.6 is 23.2 Å². The van der Waals surface area contributed by atoms with Gasteiger partial charge in [-0.25, -0.2) is 0 Å². The Hall–Kier alpha value is -2.01. The highest BCUT2D eigenvalue weighted by Gasteiger charge is 2.14. The fourth-order valence-corrected chi connectivity index (χ4v) is 4.79. The normalized spacial score (nSPS) is 14.8. The summed E-state index contributed by atoms with van der Waals surface area (Å²) >= 11 is 12.3. The zero-order chi connectivity index (χ0) is 21.6. The minimum absolute atomic E-state index is 0.0147. The Morgan fingerprint density at radius 2 is 1.84 bits per heavy atom. The van der Waals surface area contributed by atoms with Gasteiger partial charge in [-0.1, -0.05) is 66.7 Å². The fourth-order valence-electron chi connectivity index (χ4n) is 4.49. The molecule has 4 rings (SSSR count). The molecule has 164 valence electrons. The van der Waals surface area contributed by atoms with Crippen molar-refractivity contribution in [3.05, 3.63) is 58.7 Å². The summed E-state index contributed by atoms with van der Waals surface area (Å²) in [4.78, 5) is 12.6. The van der Waals surface area contributed by atoms with E-state index in [2.05, 4.69) is 16.7 Å². The van der Waals surface area contributed by atoms with Crippen LogP contribution in [0.15, 0.2) is 48.7 Å². The highest BCUT2D eigenvalue weighted by atomic mass is 35.5. The van der Waals surface area contributed by atoms with Crippen molar-refractivity contribution < 1.29 is 4.79 Å². The Morgan fingerprint density at radius 3 is 2.65 bits per heavy atom. The first-order chi connectivity index (χ1) is 15.1. The highest BCUT2D eigenvalue weighted by Crippen LogP contribution is 2.33. The van der Waals surface area contributed by atoms with Gasteiger partial charge in [0.15, 0.2) is 0 Å². The molecule has 0 unspecified atom stereocenters. The van der Waals surface area contributed by atoms with Gasteiger partial charge in [-0.15, -0.1) is 0 Å². The van der Waals surface area contributed by atoms with Gasteiger partial charge < -0.3 is 15.2 Å². The zero-order valence-corrected chi connectivity index (χ0v) is 19.2. The molecule has 1 aromatic heterocycles. The first-order valence-electron chi connectivity index (χ1n) is 11.1. The number of rotatable bonds is 8. The lowest BCUT2D eigenvalue weighted by Gasteiger charge is -2.21. The van der Waals surface area contributed by atoms with Crippen LogP contribution in [0.3, 0.4) is 0 Å². The van der Waals surface area contributed by atoms with Crippen molar-refractivity contribution in [1.82, 2.24) is 15.2 Å². The predicted octanol–water partition coefficient (Wildman–Crippen LogP) is 5.90. The van der Waals surface area contributed by atoms with Gasteiger partial charge in [0.1, 0.15) is 6.54 Å². The van der Waals surface area contributed by atoms with E-state index in [1.165, 1.54) is 32.1 Å². The van der Waals surface area contributed by atoms with Gasteiger partial charge in [-0.2, -0.15) is 0 Å². The third-order valence-electron chi connectivity index (χ3n) is 6.11. The van der Waals surface area contributed by atoms with Crippen LogP contribution < -0.4 is 10.6 Å². The lowest BCUT2D eigenvalue weighted by molar-refractivity contribution is -0.121. The van der Waals surface area contributed by atoms with Gasteiger partial charge in [0.05, 0.1) is 15.6 Å². The number of fused-ring (bicyclic) bond motifs is 1. The Kier molecular flexibility index (Phi) is 7.54. The van der Waals surface area contributed by atoms with E-state index in [0.29, 0.717) is 16.6 Å². The molecule has 1 amide bonds. The molecule has 0 bridgehead atoms. The van der Waals surface area contributed by atoms with E-state index in [0.717, 1.165) is 41.0 Å². The third-order valence-corrected chi connectivity index (χ3v) is 6.85. The van der Waals surface area contributed by atoms with E-state index in [9.17, 15) is 4.79 Å². The van der Waals surface area contributed by atoms with Crippen molar-refractivity contribution in [1.29, 1.82) is 0 Å². The number of aromatic nitrogens is 1. The monoisotopic (exact) mass is 457 g/mol. The lowest BCUT2D eigenvalue weighted by atomic mass is 9.89. The van der Waals surface area contributed by atoms with Gasteiger partial charge in [-0.3, -0.25) is 4.79 Å². The number of hydrogen-bond donors (Lipinski definition) is 2. The first kappa shape index (κ1) is 22.2. The lowest BCUT2D eigenvalue weighted by Crippen LogP contribution is -2.35. The zero-order valence-electron chi connectivity index (χ0n) is 17.7. The molecule has 3 aromatic rings. The van der Waals surface area contributed by atoms with Crippen molar-refractivity contribution in [3.63, 3.8) is 0 Å². The van der Waals surface area contributed by atoms with Crippen molar-refractivity contribution in [3.8, 4) is 11.1 Å². The number of para-hydroxylation sites is 1. The molecule has 1 saturated carbocycles. The van der Waals surface area contributed by atoms with Crippen LogP contribution in [0, 0.1) is 5.92 Å². The standard InChI is InChI=1S/C25H29Cl2N3O/c26-22-10-9-20(15-23(22)27)21-8-4-7-19-11-14-30(25(19)21)17-24(31)29-13-12-28-16-18-5-2-1-3-6-18/h4,7-11,14-15,18,28H,1-3,5-6,12-13,16-17H2,(H,29,31). The molecule has 1 fully saturated rings. The fraction of sp³-hybridized carbons (Fsp3) is 0.400.